The van der Waals surface area contributed by atoms with Crippen molar-refractivity contribution in [3.63, 3.8) is 0 Å². The average Bonchev–Trinajstić information content (AvgIpc) is 3.02. The molecule has 0 heterocycles. The first kappa shape index (κ1) is 17.4. The number of methoxy groups -OCH3 is 1. The van der Waals surface area contributed by atoms with Crippen LogP contribution in [-0.4, -0.2) is 45.1 Å². The molecule has 0 saturated heterocycles. The zero-order valence-electron chi connectivity index (χ0n) is 13.0. The van der Waals surface area contributed by atoms with E-state index in [1.54, 1.807) is 0 Å². The van der Waals surface area contributed by atoms with Crippen LogP contribution < -0.4 is 5.32 Å². The van der Waals surface area contributed by atoms with Gasteiger partial charge in [0.2, 0.25) is 0 Å². The lowest BCUT2D eigenvalue weighted by molar-refractivity contribution is -0.141. The van der Waals surface area contributed by atoms with E-state index in [4.69, 9.17) is 0 Å². The molecule has 1 rings (SSSR count). The summed E-state index contributed by atoms with van der Waals surface area (Å²) in [5.74, 6) is -0.0176. The van der Waals surface area contributed by atoms with E-state index in [1.165, 1.54) is 7.11 Å². The van der Waals surface area contributed by atoms with Crippen LogP contribution in [0.3, 0.4) is 0 Å². The summed E-state index contributed by atoms with van der Waals surface area (Å²) in [7, 11) is -1.76. The number of sulfone groups is 1. The van der Waals surface area contributed by atoms with Gasteiger partial charge in [0.1, 0.15) is 0 Å². The van der Waals surface area contributed by atoms with Crippen molar-refractivity contribution in [3.05, 3.63) is 0 Å². The van der Waals surface area contributed by atoms with E-state index in [0.717, 1.165) is 12.8 Å². The number of hydrogen-bond donors (Lipinski definition) is 1. The Morgan fingerprint density at radius 2 is 1.90 bits per heavy atom. The third-order valence-corrected chi connectivity index (χ3v) is 5.48. The molecular weight excluding hydrogens is 278 g/mol. The SMILES string of the molecule is COC(=O)CC1(CS(=O)(=O)CCCNC(C)(C)C)CC1. The fourth-order valence-electron chi connectivity index (χ4n) is 2.22. The molecule has 0 aromatic heterocycles. The van der Waals surface area contributed by atoms with E-state index < -0.39 is 9.84 Å². The van der Waals surface area contributed by atoms with Crippen molar-refractivity contribution in [1.29, 1.82) is 0 Å². The molecule has 0 atom stereocenters. The summed E-state index contributed by atoms with van der Waals surface area (Å²) in [5.41, 5.74) is -0.338. The largest absolute Gasteiger partial charge is 0.469 e. The van der Waals surface area contributed by atoms with E-state index in [9.17, 15) is 13.2 Å². The molecule has 0 aliphatic heterocycles. The van der Waals surface area contributed by atoms with Crippen molar-refractivity contribution < 1.29 is 17.9 Å². The van der Waals surface area contributed by atoms with Gasteiger partial charge in [0.05, 0.1) is 25.0 Å². The van der Waals surface area contributed by atoms with E-state index in [0.29, 0.717) is 13.0 Å². The lowest BCUT2D eigenvalue weighted by Crippen LogP contribution is -2.37. The summed E-state index contributed by atoms with van der Waals surface area (Å²) < 4.78 is 28.8. The smallest absolute Gasteiger partial charge is 0.306 e. The van der Waals surface area contributed by atoms with Gasteiger partial charge in [0, 0.05) is 5.54 Å². The first-order chi connectivity index (χ1) is 9.08. The number of esters is 1. The summed E-state index contributed by atoms with van der Waals surface area (Å²) in [6, 6.07) is 0. The molecule has 0 aromatic carbocycles. The Labute approximate surface area is 122 Å². The molecule has 1 aliphatic rings. The minimum absolute atomic E-state index is 0.00631. The van der Waals surface area contributed by atoms with E-state index >= 15 is 0 Å². The molecular formula is C14H27NO4S. The number of rotatable bonds is 8. The minimum atomic E-state index is -3.10. The predicted octanol–water partition coefficient (Wildman–Crippen LogP) is 1.52. The lowest BCUT2D eigenvalue weighted by Gasteiger charge is -2.20. The van der Waals surface area contributed by atoms with E-state index in [-0.39, 0.29) is 34.8 Å². The molecule has 1 N–H and O–H groups in total. The summed E-state index contributed by atoms with van der Waals surface area (Å²) in [5, 5.41) is 3.28. The normalized spacial score (nSPS) is 17.8. The first-order valence-electron chi connectivity index (χ1n) is 7.10. The van der Waals surface area contributed by atoms with Crippen molar-refractivity contribution in [2.75, 3.05) is 25.2 Å². The molecule has 0 bridgehead atoms. The third-order valence-electron chi connectivity index (χ3n) is 3.52. The highest BCUT2D eigenvalue weighted by Gasteiger charge is 2.47. The van der Waals surface area contributed by atoms with E-state index in [2.05, 4.69) is 30.8 Å². The van der Waals surface area contributed by atoms with Crippen LogP contribution in [0, 0.1) is 5.41 Å². The van der Waals surface area contributed by atoms with Crippen LogP contribution >= 0.6 is 0 Å². The van der Waals surface area contributed by atoms with Crippen molar-refractivity contribution in [2.45, 2.75) is 52.0 Å². The minimum Gasteiger partial charge on any atom is -0.469 e. The molecule has 0 aromatic rings. The van der Waals surface area contributed by atoms with Gasteiger partial charge in [-0.15, -0.1) is 0 Å². The Balaban J connectivity index is 2.37. The highest BCUT2D eigenvalue weighted by atomic mass is 32.2. The van der Waals surface area contributed by atoms with E-state index in [1.807, 2.05) is 0 Å². The van der Waals surface area contributed by atoms with Gasteiger partial charge in [0.25, 0.3) is 0 Å². The predicted molar refractivity (Wildman–Crippen MR) is 79.3 cm³/mol. The third kappa shape index (κ3) is 6.70. The van der Waals surface area contributed by atoms with Crippen LogP contribution in [0.5, 0.6) is 0 Å². The van der Waals surface area contributed by atoms with Gasteiger partial charge in [-0.2, -0.15) is 0 Å². The average molecular weight is 305 g/mol. The molecule has 0 unspecified atom stereocenters. The van der Waals surface area contributed by atoms with Gasteiger partial charge in [-0.1, -0.05) is 0 Å². The van der Waals surface area contributed by atoms with Gasteiger partial charge < -0.3 is 10.1 Å². The van der Waals surface area contributed by atoms with Gasteiger partial charge in [-0.3, -0.25) is 4.79 Å². The molecule has 1 saturated carbocycles. The molecule has 118 valence electrons. The Kier molecular flexibility index (Phi) is 5.61. The maximum absolute atomic E-state index is 12.1. The van der Waals surface area contributed by atoms with Crippen molar-refractivity contribution in [2.24, 2.45) is 5.41 Å². The molecule has 0 amide bonds. The first-order valence-corrected chi connectivity index (χ1v) is 8.92. The molecule has 20 heavy (non-hydrogen) atoms. The topological polar surface area (TPSA) is 72.5 Å². The summed E-state index contributed by atoms with van der Waals surface area (Å²) >= 11 is 0. The number of carbonyl (C=O) groups is 1. The highest BCUT2D eigenvalue weighted by molar-refractivity contribution is 7.91. The summed E-state index contributed by atoms with van der Waals surface area (Å²) in [4.78, 5) is 11.3. The summed E-state index contributed by atoms with van der Waals surface area (Å²) in [6.07, 6.45) is 2.44. The Hall–Kier alpha value is -0.620. The zero-order valence-corrected chi connectivity index (χ0v) is 13.8. The van der Waals surface area contributed by atoms with Crippen LogP contribution in [0.15, 0.2) is 0 Å². The Bertz CT molecular complexity index is 433. The Morgan fingerprint density at radius 1 is 1.30 bits per heavy atom. The molecule has 6 heteroatoms. The molecule has 5 nitrogen and oxygen atoms in total. The second kappa shape index (κ2) is 6.43. The number of hydrogen-bond acceptors (Lipinski definition) is 5. The maximum Gasteiger partial charge on any atom is 0.306 e. The maximum atomic E-state index is 12.1. The number of nitrogens with one attached hydrogen (secondary N) is 1. The lowest BCUT2D eigenvalue weighted by atomic mass is 10.1. The molecule has 1 fully saturated rings. The fraction of sp³-hybridized carbons (Fsp3) is 0.929. The van der Waals surface area contributed by atoms with Crippen molar-refractivity contribution >= 4 is 15.8 Å². The van der Waals surface area contributed by atoms with Gasteiger partial charge in [-0.05, 0) is 52.0 Å². The zero-order chi connectivity index (χ0) is 15.4. The van der Waals surface area contributed by atoms with Crippen LogP contribution in [0.1, 0.15) is 46.5 Å². The van der Waals surface area contributed by atoms with Crippen LogP contribution in [0.4, 0.5) is 0 Å². The second-order valence-electron chi connectivity index (χ2n) is 6.88. The monoisotopic (exact) mass is 305 g/mol. The molecule has 1 aliphatic carbocycles. The van der Waals surface area contributed by atoms with Crippen molar-refractivity contribution in [1.82, 2.24) is 5.32 Å². The second-order valence-corrected chi connectivity index (χ2v) is 9.06. The fourth-order valence-corrected chi connectivity index (χ4v) is 4.27. The molecule has 0 spiro atoms. The van der Waals surface area contributed by atoms with Gasteiger partial charge in [-0.25, -0.2) is 8.42 Å². The van der Waals surface area contributed by atoms with Gasteiger partial charge >= 0.3 is 5.97 Å². The Morgan fingerprint density at radius 3 is 2.35 bits per heavy atom. The highest BCUT2D eigenvalue weighted by Crippen LogP contribution is 2.50. The van der Waals surface area contributed by atoms with Crippen LogP contribution in [0.2, 0.25) is 0 Å². The quantitative estimate of drug-likeness (QED) is 0.544. The van der Waals surface area contributed by atoms with Crippen molar-refractivity contribution in [3.8, 4) is 0 Å². The standard InChI is InChI=1S/C14H27NO4S/c1-13(2,3)15-8-5-9-20(17,18)11-14(6-7-14)10-12(16)19-4/h15H,5-11H2,1-4H3. The van der Waals surface area contributed by atoms with Gasteiger partial charge in [0.15, 0.2) is 9.84 Å². The van der Waals surface area contributed by atoms with Crippen LogP contribution in [0.25, 0.3) is 0 Å². The number of carbonyl (C=O) groups excluding carboxylic acids is 1. The molecule has 0 radical (unpaired) electrons. The summed E-state index contributed by atoms with van der Waals surface area (Å²) in [6.45, 7) is 6.85. The number of ether oxygens (including phenoxy) is 1. The van der Waals surface area contributed by atoms with Crippen LogP contribution in [-0.2, 0) is 19.4 Å².